The summed E-state index contributed by atoms with van der Waals surface area (Å²) >= 11 is 1.42. The van der Waals surface area contributed by atoms with E-state index in [4.69, 9.17) is 9.47 Å². The van der Waals surface area contributed by atoms with Gasteiger partial charge in [-0.25, -0.2) is 9.97 Å². The van der Waals surface area contributed by atoms with E-state index in [-0.39, 0.29) is 12.5 Å². The molecule has 4 rings (SSSR count). The summed E-state index contributed by atoms with van der Waals surface area (Å²) in [5.74, 6) is 2.41. The third kappa shape index (κ3) is 4.89. The topological polar surface area (TPSA) is 102 Å². The van der Waals surface area contributed by atoms with E-state index in [1.54, 1.807) is 12.5 Å². The molecule has 0 saturated carbocycles. The van der Waals surface area contributed by atoms with E-state index >= 15 is 0 Å². The number of H-pyrrole nitrogens is 1. The van der Waals surface area contributed by atoms with Crippen molar-refractivity contribution < 1.29 is 14.3 Å². The molecule has 0 bridgehead atoms. The quantitative estimate of drug-likeness (QED) is 0.435. The Morgan fingerprint density at radius 2 is 1.74 bits per heavy atom. The Kier molecular flexibility index (Phi) is 6.23. The molecule has 2 N–H and O–H groups in total. The van der Waals surface area contributed by atoms with Crippen LogP contribution in [0.15, 0.2) is 53.9 Å². The van der Waals surface area contributed by atoms with E-state index in [0.29, 0.717) is 23.9 Å². The fourth-order valence-corrected chi connectivity index (χ4v) is 3.68. The maximum atomic E-state index is 12.5. The fourth-order valence-electron chi connectivity index (χ4n) is 2.87. The van der Waals surface area contributed by atoms with Crippen LogP contribution in [0.4, 0.5) is 0 Å². The molecule has 4 aromatic rings. The highest BCUT2D eigenvalue weighted by Gasteiger charge is 2.13. The number of nitrogens with zero attached hydrogens (tertiary/aromatic N) is 3. The van der Waals surface area contributed by atoms with Crippen LogP contribution in [-0.4, -0.2) is 39.8 Å². The first-order valence-corrected chi connectivity index (χ1v) is 10.6. The molecule has 0 aliphatic carbocycles. The maximum Gasteiger partial charge on any atom is 0.271 e. The fraction of sp³-hybridized carbons (Fsp3) is 0.182. The predicted molar refractivity (Wildman–Crippen MR) is 118 cm³/mol. The number of nitrogens with one attached hydrogen (secondary N) is 2. The average molecular weight is 436 g/mol. The number of methoxy groups -OCH3 is 1. The maximum absolute atomic E-state index is 12.5. The van der Waals surface area contributed by atoms with Gasteiger partial charge in [0.15, 0.2) is 5.82 Å². The molecule has 0 spiro atoms. The van der Waals surface area contributed by atoms with Gasteiger partial charge in [-0.15, -0.1) is 11.3 Å². The van der Waals surface area contributed by atoms with E-state index in [1.807, 2.05) is 55.5 Å². The largest absolute Gasteiger partial charge is 0.497 e. The molecule has 0 aliphatic rings. The molecule has 2 aromatic heterocycles. The van der Waals surface area contributed by atoms with Gasteiger partial charge in [0.2, 0.25) is 0 Å². The molecule has 0 saturated heterocycles. The molecule has 0 unspecified atom stereocenters. The number of hydrogen-bond donors (Lipinski definition) is 2. The number of hydrogen-bond acceptors (Lipinski definition) is 7. The van der Waals surface area contributed by atoms with Crippen molar-refractivity contribution >= 4 is 17.2 Å². The second kappa shape index (κ2) is 9.40. The third-order valence-corrected chi connectivity index (χ3v) is 5.34. The van der Waals surface area contributed by atoms with Gasteiger partial charge >= 0.3 is 0 Å². The molecule has 0 radical (unpaired) electrons. The summed E-state index contributed by atoms with van der Waals surface area (Å²) in [6.45, 7) is 2.78. The van der Waals surface area contributed by atoms with Gasteiger partial charge < -0.3 is 14.8 Å². The monoisotopic (exact) mass is 435 g/mol. The molecular formula is C22H21N5O3S. The van der Waals surface area contributed by atoms with Gasteiger partial charge in [0.25, 0.3) is 5.91 Å². The van der Waals surface area contributed by atoms with Crippen LogP contribution in [-0.2, 0) is 6.54 Å². The number of aromatic nitrogens is 4. The highest BCUT2D eigenvalue weighted by atomic mass is 32.1. The minimum absolute atomic E-state index is 0.220. The van der Waals surface area contributed by atoms with Crippen LogP contribution in [0.1, 0.15) is 23.2 Å². The Morgan fingerprint density at radius 1 is 1.03 bits per heavy atom. The number of thiazole rings is 1. The van der Waals surface area contributed by atoms with Crippen LogP contribution < -0.4 is 14.8 Å². The van der Waals surface area contributed by atoms with Crippen LogP contribution in [0.25, 0.3) is 22.0 Å². The van der Waals surface area contributed by atoms with Crippen molar-refractivity contribution in [3.63, 3.8) is 0 Å². The smallest absolute Gasteiger partial charge is 0.271 e. The molecule has 0 atom stereocenters. The number of aromatic amines is 1. The second-order valence-corrected chi connectivity index (χ2v) is 7.37. The van der Waals surface area contributed by atoms with Crippen LogP contribution in [0.3, 0.4) is 0 Å². The molecule has 8 nitrogen and oxygen atoms in total. The molecule has 9 heteroatoms. The minimum atomic E-state index is -0.268. The van der Waals surface area contributed by atoms with E-state index in [9.17, 15) is 4.79 Å². The highest BCUT2D eigenvalue weighted by Crippen LogP contribution is 2.26. The summed E-state index contributed by atoms with van der Waals surface area (Å²) in [6, 6.07) is 15.1. The van der Waals surface area contributed by atoms with Crippen molar-refractivity contribution in [1.29, 1.82) is 0 Å². The molecule has 0 aliphatic heterocycles. The Labute approximate surface area is 183 Å². The van der Waals surface area contributed by atoms with E-state index in [2.05, 4.69) is 25.5 Å². The summed E-state index contributed by atoms with van der Waals surface area (Å²) in [7, 11) is 1.62. The minimum Gasteiger partial charge on any atom is -0.497 e. The first-order chi connectivity index (χ1) is 15.2. The van der Waals surface area contributed by atoms with Crippen molar-refractivity contribution in [2.75, 3.05) is 13.7 Å². The van der Waals surface area contributed by atoms with E-state index in [1.165, 1.54) is 11.3 Å². The normalized spacial score (nSPS) is 10.6. The van der Waals surface area contributed by atoms with Gasteiger partial charge in [-0.3, -0.25) is 9.89 Å². The summed E-state index contributed by atoms with van der Waals surface area (Å²) in [5.41, 5.74) is 2.16. The van der Waals surface area contributed by atoms with E-state index < -0.39 is 0 Å². The summed E-state index contributed by atoms with van der Waals surface area (Å²) in [6.07, 6.45) is 0. The average Bonchev–Trinajstić information content (AvgIpc) is 3.49. The predicted octanol–water partition coefficient (Wildman–Crippen LogP) is 3.93. The Bertz CT molecular complexity index is 1150. The van der Waals surface area contributed by atoms with Crippen LogP contribution in [0, 0.1) is 0 Å². The first kappa shape index (κ1) is 20.5. The zero-order valence-corrected chi connectivity index (χ0v) is 17.9. The lowest BCUT2D eigenvalue weighted by atomic mass is 10.2. The van der Waals surface area contributed by atoms with Gasteiger partial charge in [0.1, 0.15) is 28.0 Å². The first-order valence-electron chi connectivity index (χ1n) is 9.69. The van der Waals surface area contributed by atoms with Crippen molar-refractivity contribution in [3.05, 3.63) is 65.4 Å². The Morgan fingerprint density at radius 3 is 2.45 bits per heavy atom. The number of benzene rings is 2. The van der Waals surface area contributed by atoms with Crippen molar-refractivity contribution in [2.45, 2.75) is 13.5 Å². The lowest BCUT2D eigenvalue weighted by molar-refractivity contribution is 0.0945. The van der Waals surface area contributed by atoms with Crippen LogP contribution in [0.2, 0.25) is 0 Å². The van der Waals surface area contributed by atoms with Crippen molar-refractivity contribution in [3.8, 4) is 33.5 Å². The molecule has 158 valence electrons. The molecule has 0 fully saturated rings. The number of carbonyl (C=O) groups is 1. The van der Waals surface area contributed by atoms with Gasteiger partial charge in [-0.05, 0) is 55.5 Å². The molecule has 1 amide bonds. The number of ether oxygens (including phenoxy) is 2. The van der Waals surface area contributed by atoms with Crippen molar-refractivity contribution in [1.82, 2.24) is 25.5 Å². The lowest BCUT2D eigenvalue weighted by Crippen LogP contribution is -2.23. The van der Waals surface area contributed by atoms with Gasteiger partial charge in [-0.2, -0.15) is 5.10 Å². The van der Waals surface area contributed by atoms with Crippen molar-refractivity contribution in [2.24, 2.45) is 0 Å². The lowest BCUT2D eigenvalue weighted by Gasteiger charge is -2.03. The SMILES string of the molecule is CCOc1ccc(-c2nc(C(=O)NCc3nc(-c4ccc(OC)cc4)n[nH]3)cs2)cc1. The van der Waals surface area contributed by atoms with Gasteiger partial charge in [-0.1, -0.05) is 0 Å². The summed E-state index contributed by atoms with van der Waals surface area (Å²) in [4.78, 5) is 21.4. The highest BCUT2D eigenvalue weighted by molar-refractivity contribution is 7.13. The van der Waals surface area contributed by atoms with Crippen LogP contribution in [0.5, 0.6) is 11.5 Å². The zero-order valence-electron chi connectivity index (χ0n) is 17.1. The standard InChI is InChI=1S/C22H21N5O3S/c1-3-30-17-10-6-15(7-11-17)22-24-18(13-31-22)21(28)23-12-19-25-20(27-26-19)14-4-8-16(29-2)9-5-14/h4-11,13H,3,12H2,1-2H3,(H,23,28)(H,25,26,27). The van der Waals surface area contributed by atoms with Gasteiger partial charge in [0, 0.05) is 16.5 Å². The number of amides is 1. The van der Waals surface area contributed by atoms with E-state index in [0.717, 1.165) is 27.6 Å². The summed E-state index contributed by atoms with van der Waals surface area (Å²) < 4.78 is 10.6. The second-order valence-electron chi connectivity index (χ2n) is 6.51. The Hall–Kier alpha value is -3.72. The molecule has 2 aromatic carbocycles. The van der Waals surface area contributed by atoms with Gasteiger partial charge in [0.05, 0.1) is 20.3 Å². The number of rotatable bonds is 8. The molecule has 31 heavy (non-hydrogen) atoms. The molecular weight excluding hydrogens is 414 g/mol. The number of carbonyl (C=O) groups excluding carboxylic acids is 1. The zero-order chi connectivity index (χ0) is 21.6. The van der Waals surface area contributed by atoms with Crippen LogP contribution >= 0.6 is 11.3 Å². The summed E-state index contributed by atoms with van der Waals surface area (Å²) in [5, 5.41) is 12.4. The molecule has 2 heterocycles. The Balaban J connectivity index is 1.36. The third-order valence-electron chi connectivity index (χ3n) is 4.45.